The number of thiocarbonyl (C=S) groups is 2. The molecule has 1 aromatic carbocycles. The van der Waals surface area contributed by atoms with Crippen molar-refractivity contribution in [2.75, 3.05) is 0 Å². The Bertz CT molecular complexity index is 500. The smallest absolute Gasteiger partial charge is 0.168 e. The number of benzene rings is 1. The third-order valence-electron chi connectivity index (χ3n) is 3.00. The first-order valence-electron chi connectivity index (χ1n) is 5.89. The lowest BCUT2D eigenvalue weighted by Gasteiger charge is -2.02. The van der Waals surface area contributed by atoms with Crippen LogP contribution in [0.5, 0.6) is 0 Å². The maximum absolute atomic E-state index is 11.6. The van der Waals surface area contributed by atoms with E-state index in [0.717, 1.165) is 11.1 Å². The zero-order chi connectivity index (χ0) is 13.4. The van der Waals surface area contributed by atoms with Gasteiger partial charge in [0.1, 0.15) is 0 Å². The summed E-state index contributed by atoms with van der Waals surface area (Å²) >= 11 is 10.3. The van der Waals surface area contributed by atoms with Crippen LogP contribution >= 0.6 is 24.4 Å². The Balaban J connectivity index is 0.000000574. The molecule has 0 amide bonds. The topological polar surface area (TPSA) is 34.1 Å². The summed E-state index contributed by atoms with van der Waals surface area (Å²) in [6.45, 7) is 4.00. The van der Waals surface area contributed by atoms with Gasteiger partial charge in [0, 0.05) is 44.8 Å². The van der Waals surface area contributed by atoms with E-state index in [-0.39, 0.29) is 24.4 Å². The number of fused-ring (bicyclic) bond motifs is 2. The van der Waals surface area contributed by atoms with E-state index in [1.54, 1.807) is 12.1 Å². The van der Waals surface area contributed by atoms with E-state index in [1.165, 1.54) is 0 Å². The number of carbonyl (C=O) groups is 2. The quantitative estimate of drug-likeness (QED) is 0.681. The van der Waals surface area contributed by atoms with Crippen molar-refractivity contribution in [1.29, 1.82) is 0 Å². The average Bonchev–Trinajstić information content (AvgIpc) is 2.80. The number of hydrogen-bond acceptors (Lipinski definition) is 4. The predicted molar refractivity (Wildman–Crippen MR) is 79.1 cm³/mol. The highest BCUT2D eigenvalue weighted by atomic mass is 32.1. The second-order valence-electron chi connectivity index (χ2n) is 3.99. The maximum atomic E-state index is 11.6. The highest BCUT2D eigenvalue weighted by Gasteiger charge is 2.31. The Hall–Kier alpha value is -1.26. The normalized spacial score (nSPS) is 16.3. The van der Waals surface area contributed by atoms with Crippen LogP contribution in [-0.2, 0) is 0 Å². The number of rotatable bonds is 0. The standard InChI is InChI=1S/C12H6O2S2.C2H6/c13-9-3-12(16)8-2-6-7(1-5(8)9)11(15)4-10(6)14;1-2/h1-2H,3-4H2;1-2H3. The van der Waals surface area contributed by atoms with Gasteiger partial charge in [-0.25, -0.2) is 0 Å². The van der Waals surface area contributed by atoms with Gasteiger partial charge in [0.25, 0.3) is 0 Å². The summed E-state index contributed by atoms with van der Waals surface area (Å²) in [4.78, 5) is 24.6. The Kier molecular flexibility index (Phi) is 3.50. The van der Waals surface area contributed by atoms with Gasteiger partial charge < -0.3 is 0 Å². The molecule has 92 valence electrons. The van der Waals surface area contributed by atoms with Crippen LogP contribution in [0.25, 0.3) is 0 Å². The SMILES string of the molecule is CC.O=C1CC(=S)c2cc3c(cc21)C(=S)CC3=O. The van der Waals surface area contributed by atoms with Crippen molar-refractivity contribution < 1.29 is 9.59 Å². The molecule has 0 fully saturated rings. The largest absolute Gasteiger partial charge is 0.294 e. The molecule has 2 aliphatic rings. The molecule has 0 aliphatic heterocycles. The number of Topliss-reactive ketones (excluding diaryl/α,β-unsaturated/α-hetero) is 2. The van der Waals surface area contributed by atoms with Gasteiger partial charge >= 0.3 is 0 Å². The van der Waals surface area contributed by atoms with Crippen LogP contribution in [-0.4, -0.2) is 21.3 Å². The van der Waals surface area contributed by atoms with E-state index in [1.807, 2.05) is 13.8 Å². The second kappa shape index (κ2) is 4.78. The van der Waals surface area contributed by atoms with Crippen molar-refractivity contribution in [1.82, 2.24) is 0 Å². The van der Waals surface area contributed by atoms with E-state index in [9.17, 15) is 9.59 Å². The molecular weight excluding hydrogens is 264 g/mol. The van der Waals surface area contributed by atoms with Gasteiger partial charge in [0.2, 0.25) is 0 Å². The minimum atomic E-state index is 0.0324. The van der Waals surface area contributed by atoms with Crippen LogP contribution in [0.2, 0.25) is 0 Å². The van der Waals surface area contributed by atoms with Gasteiger partial charge in [-0.1, -0.05) is 38.3 Å². The molecule has 0 aromatic heterocycles. The van der Waals surface area contributed by atoms with Crippen molar-refractivity contribution in [2.45, 2.75) is 26.7 Å². The molecule has 3 rings (SSSR count). The van der Waals surface area contributed by atoms with Crippen LogP contribution in [0.15, 0.2) is 12.1 Å². The first-order valence-corrected chi connectivity index (χ1v) is 6.70. The Morgan fingerprint density at radius 2 is 1.11 bits per heavy atom. The summed E-state index contributed by atoms with van der Waals surface area (Å²) < 4.78 is 0. The molecule has 2 nitrogen and oxygen atoms in total. The Morgan fingerprint density at radius 1 is 0.778 bits per heavy atom. The third-order valence-corrected chi connectivity index (χ3v) is 3.73. The molecule has 0 unspecified atom stereocenters. The summed E-state index contributed by atoms with van der Waals surface area (Å²) in [5.41, 5.74) is 2.75. The maximum Gasteiger partial charge on any atom is 0.168 e. The average molecular weight is 276 g/mol. The number of carbonyl (C=O) groups excluding carboxylic acids is 2. The molecule has 0 N–H and O–H groups in total. The molecule has 0 saturated heterocycles. The van der Waals surface area contributed by atoms with Crippen LogP contribution in [0.4, 0.5) is 0 Å². The molecule has 0 atom stereocenters. The third kappa shape index (κ3) is 1.85. The predicted octanol–water partition coefficient (Wildman–Crippen LogP) is 3.32. The molecule has 4 heteroatoms. The van der Waals surface area contributed by atoms with E-state index < -0.39 is 0 Å². The first-order chi connectivity index (χ1) is 8.58. The summed E-state index contributed by atoms with van der Waals surface area (Å²) in [6, 6.07) is 3.47. The summed E-state index contributed by atoms with van der Waals surface area (Å²) in [5, 5.41) is 0. The lowest BCUT2D eigenvalue weighted by atomic mass is 10.0. The minimum Gasteiger partial charge on any atom is -0.294 e. The highest BCUT2D eigenvalue weighted by molar-refractivity contribution is 7.81. The van der Waals surface area contributed by atoms with Gasteiger partial charge in [0.15, 0.2) is 11.6 Å². The number of hydrogen-bond donors (Lipinski definition) is 0. The first kappa shape index (κ1) is 13.2. The molecule has 0 heterocycles. The minimum absolute atomic E-state index is 0.0324. The van der Waals surface area contributed by atoms with Crippen LogP contribution < -0.4 is 0 Å². The highest BCUT2D eigenvalue weighted by Crippen LogP contribution is 2.31. The van der Waals surface area contributed by atoms with Crippen molar-refractivity contribution in [3.05, 3.63) is 34.4 Å². The van der Waals surface area contributed by atoms with Crippen molar-refractivity contribution >= 4 is 45.7 Å². The monoisotopic (exact) mass is 276 g/mol. The zero-order valence-electron chi connectivity index (χ0n) is 10.2. The second-order valence-corrected chi connectivity index (χ2v) is 4.98. The molecule has 18 heavy (non-hydrogen) atoms. The Morgan fingerprint density at radius 3 is 1.44 bits per heavy atom. The van der Waals surface area contributed by atoms with Crippen molar-refractivity contribution in [3.63, 3.8) is 0 Å². The van der Waals surface area contributed by atoms with Crippen LogP contribution in [0.3, 0.4) is 0 Å². The summed E-state index contributed by atoms with van der Waals surface area (Å²) in [6.07, 6.45) is 0.572. The fourth-order valence-corrected chi connectivity index (χ4v) is 2.79. The van der Waals surface area contributed by atoms with E-state index >= 15 is 0 Å². The van der Waals surface area contributed by atoms with Crippen molar-refractivity contribution in [2.24, 2.45) is 0 Å². The van der Waals surface area contributed by atoms with Gasteiger partial charge in [0.05, 0.1) is 0 Å². The van der Waals surface area contributed by atoms with Gasteiger partial charge in [-0.2, -0.15) is 0 Å². The van der Waals surface area contributed by atoms with Gasteiger partial charge in [-0.3, -0.25) is 9.59 Å². The molecular formula is C14H12O2S2. The molecule has 2 aliphatic carbocycles. The van der Waals surface area contributed by atoms with E-state index in [4.69, 9.17) is 24.4 Å². The fourth-order valence-electron chi connectivity index (χ4n) is 2.20. The lowest BCUT2D eigenvalue weighted by molar-refractivity contribution is 0.0995. The molecule has 0 bridgehead atoms. The fraction of sp³-hybridized carbons (Fsp3) is 0.286. The molecule has 1 aromatic rings. The Labute approximate surface area is 116 Å². The zero-order valence-corrected chi connectivity index (χ0v) is 11.8. The van der Waals surface area contributed by atoms with E-state index in [2.05, 4.69) is 0 Å². The van der Waals surface area contributed by atoms with Gasteiger partial charge in [-0.15, -0.1) is 0 Å². The summed E-state index contributed by atoms with van der Waals surface area (Å²) in [7, 11) is 0. The van der Waals surface area contributed by atoms with E-state index in [0.29, 0.717) is 20.9 Å². The molecule has 0 radical (unpaired) electrons. The lowest BCUT2D eigenvalue weighted by Crippen LogP contribution is -1.98. The van der Waals surface area contributed by atoms with Crippen molar-refractivity contribution in [3.8, 4) is 0 Å². The van der Waals surface area contributed by atoms with Gasteiger partial charge in [-0.05, 0) is 12.1 Å². The van der Waals surface area contributed by atoms with Crippen LogP contribution in [0, 0.1) is 0 Å². The number of ketones is 2. The van der Waals surface area contributed by atoms with Crippen LogP contribution in [0.1, 0.15) is 58.5 Å². The summed E-state index contributed by atoms with van der Waals surface area (Å²) in [5.74, 6) is 0.0647. The molecule has 0 saturated carbocycles. The molecule has 0 spiro atoms.